The van der Waals surface area contributed by atoms with Gasteiger partial charge in [0.05, 0.1) is 28.7 Å². The van der Waals surface area contributed by atoms with E-state index in [9.17, 15) is 10.5 Å². The van der Waals surface area contributed by atoms with Crippen LogP contribution >= 0.6 is 0 Å². The fourth-order valence-electron chi connectivity index (χ4n) is 11.3. The predicted octanol–water partition coefficient (Wildman–Crippen LogP) is 16.2. The first kappa shape index (κ1) is 38.3. The van der Waals surface area contributed by atoms with Crippen LogP contribution in [0.25, 0.3) is 54.6 Å². The molecule has 2 aliphatic carbocycles. The molecular formula is C63H38N4. The zero-order chi connectivity index (χ0) is 44.6. The molecule has 0 N–H and O–H groups in total. The molecule has 0 heterocycles. The molecule has 310 valence electrons. The lowest BCUT2D eigenvalue weighted by Gasteiger charge is -2.32. The van der Waals surface area contributed by atoms with Crippen molar-refractivity contribution in [2.24, 2.45) is 0 Å². The van der Waals surface area contributed by atoms with Gasteiger partial charge in [-0.25, -0.2) is 0 Å². The molecule has 0 bridgehead atoms. The van der Waals surface area contributed by atoms with Gasteiger partial charge in [-0.1, -0.05) is 133 Å². The Bertz CT molecular complexity index is 3870. The Balaban J connectivity index is 1.11. The van der Waals surface area contributed by atoms with Gasteiger partial charge in [0.25, 0.3) is 0 Å². The van der Waals surface area contributed by atoms with E-state index in [0.717, 1.165) is 44.9 Å². The van der Waals surface area contributed by atoms with Crippen LogP contribution in [0.4, 0.5) is 34.1 Å². The maximum Gasteiger partial charge on any atom is 0.0992 e. The number of para-hydroxylation sites is 2. The second-order valence-electron chi connectivity index (χ2n) is 17.5. The first-order valence-electron chi connectivity index (χ1n) is 22.6. The number of nitriles is 2. The van der Waals surface area contributed by atoms with Crippen LogP contribution in [0.5, 0.6) is 0 Å². The molecule has 11 aromatic carbocycles. The van der Waals surface area contributed by atoms with Crippen molar-refractivity contribution < 1.29 is 0 Å². The molecule has 0 unspecified atom stereocenters. The number of hydrogen-bond donors (Lipinski definition) is 0. The summed E-state index contributed by atoms with van der Waals surface area (Å²) < 4.78 is 0. The number of anilines is 6. The third-order valence-electron chi connectivity index (χ3n) is 14.0. The van der Waals surface area contributed by atoms with E-state index in [0.29, 0.717) is 11.1 Å². The summed E-state index contributed by atoms with van der Waals surface area (Å²) in [4.78, 5) is 4.50. The van der Waals surface area contributed by atoms with Crippen LogP contribution in [0.2, 0.25) is 0 Å². The fraction of sp³-hybridized carbons (Fsp3) is 0.0159. The monoisotopic (exact) mass is 850 g/mol. The highest BCUT2D eigenvalue weighted by atomic mass is 15.1. The third kappa shape index (κ3) is 5.64. The summed E-state index contributed by atoms with van der Waals surface area (Å²) in [6.07, 6.45) is 0. The lowest BCUT2D eigenvalue weighted by molar-refractivity contribution is 0.803. The van der Waals surface area contributed by atoms with E-state index in [1.54, 1.807) is 0 Å². The Morgan fingerprint density at radius 2 is 0.821 bits per heavy atom. The minimum absolute atomic E-state index is 0.612. The summed E-state index contributed by atoms with van der Waals surface area (Å²) in [7, 11) is 0. The highest BCUT2D eigenvalue weighted by Crippen LogP contribution is 2.66. The number of fused-ring (bicyclic) bond motifs is 16. The van der Waals surface area contributed by atoms with Gasteiger partial charge in [0.1, 0.15) is 0 Å². The quantitative estimate of drug-likeness (QED) is 0.156. The van der Waals surface area contributed by atoms with Crippen molar-refractivity contribution in [1.82, 2.24) is 0 Å². The maximum absolute atomic E-state index is 9.98. The molecule has 0 aromatic heterocycles. The van der Waals surface area contributed by atoms with Crippen molar-refractivity contribution in [2.75, 3.05) is 9.80 Å². The zero-order valence-electron chi connectivity index (χ0n) is 36.2. The molecule has 0 amide bonds. The van der Waals surface area contributed by atoms with E-state index in [4.69, 9.17) is 0 Å². The molecule has 0 aliphatic heterocycles. The summed E-state index contributed by atoms with van der Waals surface area (Å²) >= 11 is 0. The Morgan fingerprint density at radius 1 is 0.313 bits per heavy atom. The van der Waals surface area contributed by atoms with Gasteiger partial charge in [-0.3, -0.25) is 0 Å². The second kappa shape index (κ2) is 14.9. The van der Waals surface area contributed by atoms with Gasteiger partial charge in [0, 0.05) is 34.1 Å². The molecule has 1 spiro atoms. The van der Waals surface area contributed by atoms with E-state index >= 15 is 0 Å². The van der Waals surface area contributed by atoms with Crippen molar-refractivity contribution in [3.05, 3.63) is 264 Å². The Labute approximate surface area is 388 Å². The van der Waals surface area contributed by atoms with Gasteiger partial charge >= 0.3 is 0 Å². The minimum Gasteiger partial charge on any atom is -0.310 e. The van der Waals surface area contributed by atoms with Gasteiger partial charge in [0.15, 0.2) is 0 Å². The molecule has 0 saturated carbocycles. The molecular weight excluding hydrogens is 813 g/mol. The largest absolute Gasteiger partial charge is 0.310 e. The summed E-state index contributed by atoms with van der Waals surface area (Å²) in [5.41, 5.74) is 16.6. The van der Waals surface area contributed by atoms with E-state index in [1.165, 1.54) is 66.1 Å². The summed E-state index contributed by atoms with van der Waals surface area (Å²) in [5.74, 6) is 0. The van der Waals surface area contributed by atoms with Crippen molar-refractivity contribution in [1.29, 1.82) is 10.5 Å². The maximum atomic E-state index is 9.98. The standard InChI is InChI=1S/C63H38N4/c64-39-41-15-13-21-47(33-41)66(45-17-3-1-4-18-45)49-30-29-43-36-57-60(37-44(43)35-49)63(58-27-11-9-24-52(58)53-25-10-12-28-59(53)63)62-55-32-31-50(38-56(55)51-23-7-8-26-54(51)61(57)62)67(46-19-5-2-6-20-46)48-22-14-16-42(34-48)40-65/h1-38H. The zero-order valence-corrected chi connectivity index (χ0v) is 36.2. The highest BCUT2D eigenvalue weighted by Gasteiger charge is 2.53. The van der Waals surface area contributed by atoms with Crippen LogP contribution in [0.3, 0.4) is 0 Å². The molecule has 0 saturated heterocycles. The molecule has 0 radical (unpaired) electrons. The van der Waals surface area contributed by atoms with Gasteiger partial charge in [-0.15, -0.1) is 0 Å². The topological polar surface area (TPSA) is 54.1 Å². The molecule has 2 aliphatic rings. The SMILES string of the molecule is N#Cc1cccc(N(c2ccccc2)c2ccc3cc4c(cc3c2)C2(c3ccccc3-c3ccccc32)c2c-4c3ccccc3c3cc(N(c4ccccc4)c4cccc(C#N)c4)ccc23)c1. The molecule has 11 aromatic rings. The molecule has 13 rings (SSSR count). The van der Waals surface area contributed by atoms with Gasteiger partial charge in [0.2, 0.25) is 0 Å². The number of benzene rings is 11. The number of hydrogen-bond acceptors (Lipinski definition) is 4. The van der Waals surface area contributed by atoms with Crippen LogP contribution in [-0.2, 0) is 5.41 Å². The summed E-state index contributed by atoms with van der Waals surface area (Å²) in [6.45, 7) is 0. The number of nitrogens with zero attached hydrogens (tertiary/aromatic N) is 4. The van der Waals surface area contributed by atoms with Crippen LogP contribution in [-0.4, -0.2) is 0 Å². The lowest BCUT2D eigenvalue weighted by Crippen LogP contribution is -2.26. The van der Waals surface area contributed by atoms with Crippen molar-refractivity contribution in [3.8, 4) is 34.4 Å². The van der Waals surface area contributed by atoms with Crippen LogP contribution in [0.1, 0.15) is 33.4 Å². The normalized spacial score (nSPS) is 12.6. The lowest BCUT2D eigenvalue weighted by atomic mass is 9.69. The molecule has 4 heteroatoms. The van der Waals surface area contributed by atoms with Crippen LogP contribution in [0.15, 0.2) is 231 Å². The van der Waals surface area contributed by atoms with Gasteiger partial charge in [-0.05, 0) is 174 Å². The molecule has 0 atom stereocenters. The van der Waals surface area contributed by atoms with E-state index < -0.39 is 5.41 Å². The smallest absolute Gasteiger partial charge is 0.0992 e. The van der Waals surface area contributed by atoms with Gasteiger partial charge in [-0.2, -0.15) is 10.5 Å². The first-order valence-corrected chi connectivity index (χ1v) is 22.6. The summed E-state index contributed by atoms with van der Waals surface area (Å²) in [5, 5.41) is 27.0. The van der Waals surface area contributed by atoms with Crippen molar-refractivity contribution >= 4 is 66.4 Å². The Morgan fingerprint density at radius 3 is 1.43 bits per heavy atom. The molecule has 4 nitrogen and oxygen atoms in total. The fourth-order valence-corrected chi connectivity index (χ4v) is 11.3. The highest BCUT2D eigenvalue weighted by molar-refractivity contribution is 6.21. The first-order chi connectivity index (χ1) is 33.1. The summed E-state index contributed by atoms with van der Waals surface area (Å²) in [6, 6.07) is 86.8. The van der Waals surface area contributed by atoms with Gasteiger partial charge < -0.3 is 9.80 Å². The predicted molar refractivity (Wildman–Crippen MR) is 274 cm³/mol. The van der Waals surface area contributed by atoms with E-state index in [1.807, 2.05) is 48.5 Å². The minimum atomic E-state index is -0.633. The molecule has 0 fully saturated rings. The van der Waals surface area contributed by atoms with Crippen LogP contribution in [0, 0.1) is 22.7 Å². The van der Waals surface area contributed by atoms with E-state index in [2.05, 4.69) is 204 Å². The molecule has 67 heavy (non-hydrogen) atoms. The van der Waals surface area contributed by atoms with E-state index in [-0.39, 0.29) is 0 Å². The third-order valence-corrected chi connectivity index (χ3v) is 14.0. The van der Waals surface area contributed by atoms with Crippen molar-refractivity contribution in [3.63, 3.8) is 0 Å². The van der Waals surface area contributed by atoms with Crippen molar-refractivity contribution in [2.45, 2.75) is 5.41 Å². The Kier molecular flexibility index (Phi) is 8.52. The Hall–Kier alpha value is -9.22. The average Bonchev–Trinajstić information content (AvgIpc) is 3.86. The number of rotatable bonds is 6. The van der Waals surface area contributed by atoms with Crippen LogP contribution < -0.4 is 9.80 Å². The average molecular weight is 851 g/mol. The second-order valence-corrected chi connectivity index (χ2v) is 17.5.